The largest absolute Gasteiger partial charge is 0.403 e. The zero-order valence-corrected chi connectivity index (χ0v) is 8.11. The van der Waals surface area contributed by atoms with Gasteiger partial charge in [-0.3, -0.25) is 0 Å². The summed E-state index contributed by atoms with van der Waals surface area (Å²) in [6.07, 6.45) is -4.11. The molecule has 1 atom stereocenters. The van der Waals surface area contributed by atoms with Crippen LogP contribution >= 0.6 is 0 Å². The number of nitrogens with two attached hydrogens (primary N) is 1. The van der Waals surface area contributed by atoms with E-state index in [1.165, 1.54) is 7.11 Å². The number of rotatable bonds is 4. The SMILES string of the molecule is COC(C)(C)CCC(N)C(F)(F)F. The standard InChI is InChI=1S/C8H16F3NO/c1-7(2,13-3)5-4-6(12)8(9,10)11/h6H,4-5,12H2,1-3H3. The monoisotopic (exact) mass is 199 g/mol. The van der Waals surface area contributed by atoms with Crippen molar-refractivity contribution in [1.29, 1.82) is 0 Å². The van der Waals surface area contributed by atoms with Crippen LogP contribution < -0.4 is 5.73 Å². The molecule has 0 aromatic rings. The first-order valence-electron chi connectivity index (χ1n) is 4.06. The van der Waals surface area contributed by atoms with Gasteiger partial charge in [-0.15, -0.1) is 0 Å². The van der Waals surface area contributed by atoms with Crippen molar-refractivity contribution in [2.24, 2.45) is 5.73 Å². The predicted octanol–water partition coefficient (Wildman–Crippen LogP) is 2.08. The zero-order chi connectivity index (χ0) is 10.7. The first-order valence-corrected chi connectivity index (χ1v) is 4.06. The highest BCUT2D eigenvalue weighted by molar-refractivity contribution is 4.76. The van der Waals surface area contributed by atoms with Gasteiger partial charge < -0.3 is 10.5 Å². The van der Waals surface area contributed by atoms with Gasteiger partial charge in [0.1, 0.15) is 6.04 Å². The van der Waals surface area contributed by atoms with Crippen molar-refractivity contribution < 1.29 is 17.9 Å². The fourth-order valence-corrected chi connectivity index (χ4v) is 0.769. The minimum atomic E-state index is -4.30. The molecule has 0 bridgehead atoms. The van der Waals surface area contributed by atoms with Gasteiger partial charge in [0.2, 0.25) is 0 Å². The third-order valence-corrected chi connectivity index (χ3v) is 2.03. The molecule has 0 saturated carbocycles. The van der Waals surface area contributed by atoms with Gasteiger partial charge in [0.15, 0.2) is 0 Å². The van der Waals surface area contributed by atoms with Crippen LogP contribution in [-0.2, 0) is 4.74 Å². The lowest BCUT2D eigenvalue weighted by Gasteiger charge is -2.25. The molecule has 0 aliphatic heterocycles. The summed E-state index contributed by atoms with van der Waals surface area (Å²) < 4.78 is 40.9. The maximum atomic E-state index is 12.0. The smallest absolute Gasteiger partial charge is 0.379 e. The molecular weight excluding hydrogens is 183 g/mol. The van der Waals surface area contributed by atoms with Crippen molar-refractivity contribution in [3.05, 3.63) is 0 Å². The van der Waals surface area contributed by atoms with Crippen LogP contribution in [0.3, 0.4) is 0 Å². The molecule has 0 fully saturated rings. The van der Waals surface area contributed by atoms with Gasteiger partial charge in [-0.25, -0.2) is 0 Å². The lowest BCUT2D eigenvalue weighted by Crippen LogP contribution is -2.39. The quantitative estimate of drug-likeness (QED) is 0.752. The van der Waals surface area contributed by atoms with E-state index in [0.29, 0.717) is 6.42 Å². The first kappa shape index (κ1) is 12.7. The Morgan fingerprint density at radius 1 is 1.31 bits per heavy atom. The fourth-order valence-electron chi connectivity index (χ4n) is 0.769. The van der Waals surface area contributed by atoms with Crippen LogP contribution in [0.4, 0.5) is 13.2 Å². The molecule has 0 aliphatic carbocycles. The first-order chi connectivity index (χ1) is 5.69. The molecule has 0 radical (unpaired) electrons. The number of hydrogen-bond acceptors (Lipinski definition) is 2. The number of hydrogen-bond donors (Lipinski definition) is 1. The van der Waals surface area contributed by atoms with Crippen LogP contribution in [0.1, 0.15) is 26.7 Å². The zero-order valence-electron chi connectivity index (χ0n) is 8.11. The second-order valence-corrected chi connectivity index (χ2v) is 3.65. The van der Waals surface area contributed by atoms with Crippen LogP contribution in [0.2, 0.25) is 0 Å². The molecule has 0 aromatic heterocycles. The van der Waals surface area contributed by atoms with E-state index >= 15 is 0 Å². The average Bonchev–Trinajstić information content (AvgIpc) is 1.98. The lowest BCUT2D eigenvalue weighted by molar-refractivity contribution is -0.151. The van der Waals surface area contributed by atoms with E-state index in [-0.39, 0.29) is 6.42 Å². The summed E-state index contributed by atoms with van der Waals surface area (Å²) in [5.41, 5.74) is 4.39. The lowest BCUT2D eigenvalue weighted by atomic mass is 9.99. The molecule has 0 spiro atoms. The number of methoxy groups -OCH3 is 1. The Balaban J connectivity index is 3.90. The maximum Gasteiger partial charge on any atom is 0.403 e. The fraction of sp³-hybridized carbons (Fsp3) is 1.00. The highest BCUT2D eigenvalue weighted by Gasteiger charge is 2.37. The topological polar surface area (TPSA) is 35.2 Å². The highest BCUT2D eigenvalue weighted by Crippen LogP contribution is 2.25. The summed E-state index contributed by atoms with van der Waals surface area (Å²) in [6, 6.07) is -1.75. The molecule has 0 heterocycles. The summed E-state index contributed by atoms with van der Waals surface area (Å²) >= 11 is 0. The van der Waals surface area contributed by atoms with E-state index in [1.807, 2.05) is 0 Å². The molecule has 0 amide bonds. The van der Waals surface area contributed by atoms with E-state index < -0.39 is 17.8 Å². The normalized spacial score (nSPS) is 15.9. The molecule has 2 N–H and O–H groups in total. The average molecular weight is 199 g/mol. The van der Waals surface area contributed by atoms with Crippen LogP contribution in [0, 0.1) is 0 Å². The van der Waals surface area contributed by atoms with Gasteiger partial charge in [-0.05, 0) is 26.7 Å². The summed E-state index contributed by atoms with van der Waals surface area (Å²) in [6.45, 7) is 3.46. The van der Waals surface area contributed by atoms with E-state index in [0.717, 1.165) is 0 Å². The van der Waals surface area contributed by atoms with Crippen LogP contribution in [-0.4, -0.2) is 24.9 Å². The van der Waals surface area contributed by atoms with Crippen molar-refractivity contribution in [2.45, 2.75) is 44.5 Å². The Bertz CT molecular complexity index is 156. The molecular formula is C8H16F3NO. The second-order valence-electron chi connectivity index (χ2n) is 3.65. The number of alkyl halides is 3. The Morgan fingerprint density at radius 2 is 1.77 bits per heavy atom. The third kappa shape index (κ3) is 5.10. The van der Waals surface area contributed by atoms with Crippen LogP contribution in [0.25, 0.3) is 0 Å². The summed E-state index contributed by atoms with van der Waals surface area (Å²) in [5, 5.41) is 0. The van der Waals surface area contributed by atoms with E-state index in [1.54, 1.807) is 13.8 Å². The van der Waals surface area contributed by atoms with Gasteiger partial charge in [-0.2, -0.15) is 13.2 Å². The van der Waals surface area contributed by atoms with Crippen LogP contribution in [0.5, 0.6) is 0 Å². The number of halogens is 3. The Labute approximate surface area is 76.2 Å². The van der Waals surface area contributed by atoms with Crippen molar-refractivity contribution in [3.63, 3.8) is 0 Å². The Morgan fingerprint density at radius 3 is 2.08 bits per heavy atom. The van der Waals surface area contributed by atoms with E-state index in [9.17, 15) is 13.2 Å². The summed E-state index contributed by atoms with van der Waals surface area (Å²) in [4.78, 5) is 0. The van der Waals surface area contributed by atoms with Crippen molar-refractivity contribution >= 4 is 0 Å². The minimum Gasteiger partial charge on any atom is -0.379 e. The van der Waals surface area contributed by atoms with Crippen molar-refractivity contribution in [2.75, 3.05) is 7.11 Å². The summed E-state index contributed by atoms with van der Waals surface area (Å²) in [5.74, 6) is 0. The van der Waals surface area contributed by atoms with Gasteiger partial charge in [-0.1, -0.05) is 0 Å². The van der Waals surface area contributed by atoms with Gasteiger partial charge >= 0.3 is 6.18 Å². The molecule has 13 heavy (non-hydrogen) atoms. The Kier molecular flexibility index (Phi) is 4.19. The van der Waals surface area contributed by atoms with Gasteiger partial charge in [0.05, 0.1) is 5.60 Å². The van der Waals surface area contributed by atoms with E-state index in [2.05, 4.69) is 0 Å². The molecule has 80 valence electrons. The van der Waals surface area contributed by atoms with Crippen molar-refractivity contribution in [3.8, 4) is 0 Å². The molecule has 0 rings (SSSR count). The molecule has 1 unspecified atom stereocenters. The third-order valence-electron chi connectivity index (χ3n) is 2.03. The number of ether oxygens (including phenoxy) is 1. The molecule has 2 nitrogen and oxygen atoms in total. The highest BCUT2D eigenvalue weighted by atomic mass is 19.4. The van der Waals surface area contributed by atoms with Gasteiger partial charge in [0.25, 0.3) is 0 Å². The summed E-state index contributed by atoms with van der Waals surface area (Å²) in [7, 11) is 1.47. The molecule has 0 saturated heterocycles. The van der Waals surface area contributed by atoms with Gasteiger partial charge in [0, 0.05) is 7.11 Å². The van der Waals surface area contributed by atoms with Crippen LogP contribution in [0.15, 0.2) is 0 Å². The molecule has 0 aromatic carbocycles. The minimum absolute atomic E-state index is 0.107. The molecule has 0 aliphatic rings. The predicted molar refractivity (Wildman–Crippen MR) is 44.4 cm³/mol. The second kappa shape index (κ2) is 4.28. The molecule has 5 heteroatoms. The van der Waals surface area contributed by atoms with Crippen molar-refractivity contribution in [1.82, 2.24) is 0 Å². The Hall–Kier alpha value is -0.290. The van der Waals surface area contributed by atoms with E-state index in [4.69, 9.17) is 10.5 Å². The maximum absolute atomic E-state index is 12.0.